The number of carbonyl (C=O) groups excluding carboxylic acids is 1. The number of imidazole rings is 1. The van der Waals surface area contributed by atoms with Gasteiger partial charge in [-0.25, -0.2) is 14.3 Å². The van der Waals surface area contributed by atoms with Crippen molar-refractivity contribution in [3.05, 3.63) is 22.1 Å². The van der Waals surface area contributed by atoms with E-state index in [-0.39, 0.29) is 24.8 Å². The maximum atomic E-state index is 11.3. The van der Waals surface area contributed by atoms with E-state index in [1.807, 2.05) is 0 Å². The molecule has 1 heterocycles. The number of hydrogen-bond acceptors (Lipinski definition) is 6. The van der Waals surface area contributed by atoms with Crippen LogP contribution in [0.3, 0.4) is 0 Å². The fourth-order valence-corrected chi connectivity index (χ4v) is 1.48. The van der Waals surface area contributed by atoms with Crippen LogP contribution in [0.2, 0.25) is 0 Å². The van der Waals surface area contributed by atoms with Crippen molar-refractivity contribution in [2.75, 3.05) is 13.2 Å². The predicted molar refractivity (Wildman–Crippen MR) is 64.9 cm³/mol. The number of rotatable bonds is 6. The normalized spacial score (nSPS) is 10.1. The van der Waals surface area contributed by atoms with Crippen molar-refractivity contribution in [3.63, 3.8) is 0 Å². The first-order valence-electron chi connectivity index (χ1n) is 5.65. The van der Waals surface area contributed by atoms with E-state index < -0.39 is 23.5 Å². The molecule has 0 saturated heterocycles. The first-order valence-corrected chi connectivity index (χ1v) is 5.65. The number of esters is 1. The largest absolute Gasteiger partial charge is 0.465 e. The third-order valence-electron chi connectivity index (χ3n) is 2.48. The zero-order valence-corrected chi connectivity index (χ0v) is 11.0. The summed E-state index contributed by atoms with van der Waals surface area (Å²) in [6.45, 7) is 1.02. The monoisotopic (exact) mass is 286 g/mol. The number of nitrogens with zero attached hydrogens (tertiary/aromatic N) is 4. The number of aromatic nitrogens is 2. The lowest BCUT2D eigenvalue weighted by Gasteiger charge is -2.16. The lowest BCUT2D eigenvalue weighted by molar-refractivity contribution is -0.391. The number of carboxylic acid groups (broad SMARTS) is 1. The van der Waals surface area contributed by atoms with E-state index in [4.69, 9.17) is 5.11 Å². The van der Waals surface area contributed by atoms with Gasteiger partial charge >= 0.3 is 17.9 Å². The summed E-state index contributed by atoms with van der Waals surface area (Å²) in [4.78, 5) is 36.9. The maximum Gasteiger partial charge on any atom is 0.408 e. The van der Waals surface area contributed by atoms with Gasteiger partial charge in [0.15, 0.2) is 0 Å². The van der Waals surface area contributed by atoms with E-state index in [1.165, 1.54) is 7.05 Å². The molecule has 1 amide bonds. The molecular weight excluding hydrogens is 272 g/mol. The zero-order chi connectivity index (χ0) is 15.3. The maximum absolute atomic E-state index is 11.3. The number of ether oxygens (including phenoxy) is 1. The molecule has 1 N–H and O–H groups in total. The fourth-order valence-electron chi connectivity index (χ4n) is 1.48. The summed E-state index contributed by atoms with van der Waals surface area (Å²) in [6, 6.07) is 0. The molecule has 1 aromatic rings. The number of amides is 1. The standard InChI is InChI=1S/C10H14N4O6/c1-3-20-9(15)6-13(10(16)17)5-7-11-4-8(12(7)2)14(18)19/h4H,3,5-6H2,1-2H3,(H,16,17). The van der Waals surface area contributed by atoms with Crippen LogP contribution in [0, 0.1) is 10.1 Å². The average molecular weight is 286 g/mol. The highest BCUT2D eigenvalue weighted by atomic mass is 16.6. The van der Waals surface area contributed by atoms with E-state index in [0.717, 1.165) is 15.7 Å². The molecule has 0 saturated carbocycles. The van der Waals surface area contributed by atoms with E-state index in [0.29, 0.717) is 0 Å². The second-order valence-electron chi connectivity index (χ2n) is 3.79. The van der Waals surface area contributed by atoms with Crippen LogP contribution < -0.4 is 0 Å². The van der Waals surface area contributed by atoms with Crippen LogP contribution in [0.15, 0.2) is 6.20 Å². The summed E-state index contributed by atoms with van der Waals surface area (Å²) in [6.07, 6.45) is -0.316. The Kier molecular flexibility index (Phi) is 5.01. The third kappa shape index (κ3) is 3.67. The summed E-state index contributed by atoms with van der Waals surface area (Å²) in [5, 5.41) is 19.7. The zero-order valence-electron chi connectivity index (χ0n) is 11.0. The van der Waals surface area contributed by atoms with Gasteiger partial charge in [-0.3, -0.25) is 9.69 Å². The molecule has 10 nitrogen and oxygen atoms in total. The fraction of sp³-hybridized carbons (Fsp3) is 0.500. The highest BCUT2D eigenvalue weighted by Gasteiger charge is 2.23. The van der Waals surface area contributed by atoms with Gasteiger partial charge in [0.2, 0.25) is 5.82 Å². The van der Waals surface area contributed by atoms with Gasteiger partial charge in [0.1, 0.15) is 19.3 Å². The Morgan fingerprint density at radius 3 is 2.70 bits per heavy atom. The van der Waals surface area contributed by atoms with Gasteiger partial charge in [-0.1, -0.05) is 0 Å². The van der Waals surface area contributed by atoms with Crippen molar-refractivity contribution < 1.29 is 24.4 Å². The van der Waals surface area contributed by atoms with Crippen molar-refractivity contribution in [2.45, 2.75) is 13.5 Å². The molecule has 0 aliphatic heterocycles. The molecule has 0 unspecified atom stereocenters. The number of nitro groups is 1. The minimum absolute atomic E-state index is 0.139. The molecule has 0 aliphatic carbocycles. The van der Waals surface area contributed by atoms with E-state index >= 15 is 0 Å². The lowest BCUT2D eigenvalue weighted by atomic mass is 10.4. The van der Waals surface area contributed by atoms with E-state index in [1.54, 1.807) is 6.92 Å². The quantitative estimate of drug-likeness (QED) is 0.454. The summed E-state index contributed by atoms with van der Waals surface area (Å²) in [5.74, 6) is -0.802. The van der Waals surface area contributed by atoms with Crippen LogP contribution in [0.25, 0.3) is 0 Å². The van der Waals surface area contributed by atoms with Crippen molar-refractivity contribution in [1.82, 2.24) is 14.5 Å². The molecule has 110 valence electrons. The van der Waals surface area contributed by atoms with Gasteiger partial charge in [-0.05, 0) is 11.8 Å². The molecule has 20 heavy (non-hydrogen) atoms. The van der Waals surface area contributed by atoms with Crippen molar-refractivity contribution in [3.8, 4) is 0 Å². The molecule has 1 rings (SSSR count). The molecular formula is C10H14N4O6. The topological polar surface area (TPSA) is 128 Å². The number of carbonyl (C=O) groups is 2. The summed E-state index contributed by atoms with van der Waals surface area (Å²) in [5.41, 5.74) is 0. The Labute approximate surface area is 113 Å². The SMILES string of the molecule is CCOC(=O)CN(Cc1ncc([N+](=O)[O-])n1C)C(=O)O. The second kappa shape index (κ2) is 6.50. The molecule has 10 heteroatoms. The Balaban J connectivity index is 2.83. The molecule has 0 fully saturated rings. The van der Waals surface area contributed by atoms with Crippen LogP contribution in [0.1, 0.15) is 12.7 Å². The van der Waals surface area contributed by atoms with E-state index in [2.05, 4.69) is 9.72 Å². The Hall–Kier alpha value is -2.65. The number of hydrogen-bond donors (Lipinski definition) is 1. The molecule has 0 atom stereocenters. The molecule has 1 aromatic heterocycles. The lowest BCUT2D eigenvalue weighted by Crippen LogP contribution is -2.35. The molecule has 0 radical (unpaired) electrons. The van der Waals surface area contributed by atoms with Crippen molar-refractivity contribution in [2.24, 2.45) is 7.05 Å². The summed E-state index contributed by atoms with van der Waals surface area (Å²) < 4.78 is 5.81. The Bertz CT molecular complexity index is 526. The summed E-state index contributed by atoms with van der Waals surface area (Å²) in [7, 11) is 1.39. The van der Waals surface area contributed by atoms with Crippen LogP contribution in [-0.4, -0.2) is 49.7 Å². The minimum Gasteiger partial charge on any atom is -0.465 e. The van der Waals surface area contributed by atoms with Crippen LogP contribution in [0.5, 0.6) is 0 Å². The summed E-state index contributed by atoms with van der Waals surface area (Å²) >= 11 is 0. The van der Waals surface area contributed by atoms with Gasteiger partial charge in [0.05, 0.1) is 13.7 Å². The van der Waals surface area contributed by atoms with Crippen LogP contribution in [0.4, 0.5) is 10.6 Å². The molecule has 0 spiro atoms. The van der Waals surface area contributed by atoms with Gasteiger partial charge < -0.3 is 20.0 Å². The molecule has 0 aliphatic rings. The minimum atomic E-state index is -1.34. The first-order chi connectivity index (χ1) is 9.36. The van der Waals surface area contributed by atoms with Gasteiger partial charge in [-0.2, -0.15) is 0 Å². The Morgan fingerprint density at radius 2 is 2.25 bits per heavy atom. The first kappa shape index (κ1) is 15.4. The highest BCUT2D eigenvalue weighted by Crippen LogP contribution is 2.13. The molecule has 0 aromatic carbocycles. The molecule has 0 bridgehead atoms. The third-order valence-corrected chi connectivity index (χ3v) is 2.48. The van der Waals surface area contributed by atoms with Crippen molar-refractivity contribution in [1.29, 1.82) is 0 Å². The van der Waals surface area contributed by atoms with Crippen molar-refractivity contribution >= 4 is 17.9 Å². The second-order valence-corrected chi connectivity index (χ2v) is 3.79. The van der Waals surface area contributed by atoms with Crippen LogP contribution in [-0.2, 0) is 23.1 Å². The smallest absolute Gasteiger partial charge is 0.408 e. The predicted octanol–water partition coefficient (Wildman–Crippen LogP) is 0.371. The van der Waals surface area contributed by atoms with Gasteiger partial charge in [0.25, 0.3) is 0 Å². The van der Waals surface area contributed by atoms with Crippen LogP contribution >= 0.6 is 0 Å². The highest BCUT2D eigenvalue weighted by molar-refractivity contribution is 5.77. The van der Waals surface area contributed by atoms with Gasteiger partial charge in [-0.15, -0.1) is 0 Å². The van der Waals surface area contributed by atoms with Gasteiger partial charge in [0, 0.05) is 0 Å². The average Bonchev–Trinajstić information content (AvgIpc) is 2.70. The van der Waals surface area contributed by atoms with E-state index in [9.17, 15) is 19.7 Å². The Morgan fingerprint density at radius 1 is 1.60 bits per heavy atom.